The van der Waals surface area contributed by atoms with E-state index in [1.165, 1.54) is 4.88 Å². The van der Waals surface area contributed by atoms with Crippen LogP contribution in [-0.2, 0) is 0 Å². The lowest BCUT2D eigenvalue weighted by Gasteiger charge is -2.05. The molecule has 1 aromatic heterocycles. The second-order valence-corrected chi connectivity index (χ2v) is 6.07. The molecule has 0 fully saturated rings. The lowest BCUT2D eigenvalue weighted by Crippen LogP contribution is -1.86. The van der Waals surface area contributed by atoms with Gasteiger partial charge in [0.1, 0.15) is 11.5 Å². The summed E-state index contributed by atoms with van der Waals surface area (Å²) in [7, 11) is 3.35. The van der Waals surface area contributed by atoms with Gasteiger partial charge in [-0.15, -0.1) is 11.3 Å². The molecule has 0 aliphatic rings. The molecule has 0 atom stereocenters. The summed E-state index contributed by atoms with van der Waals surface area (Å²) in [5.74, 6) is 1.71. The quantitative estimate of drug-likeness (QED) is 0.693. The predicted octanol–water partition coefficient (Wildman–Crippen LogP) is 4.80. The molecule has 112 valence electrons. The number of rotatable bonds is 4. The SMILES string of the molecule is COc1ccc(-c2nc(C)sc2-c2ccc(OC)cc2)cc1. The van der Waals surface area contributed by atoms with Crippen molar-refractivity contribution in [3.8, 4) is 33.2 Å². The monoisotopic (exact) mass is 311 g/mol. The van der Waals surface area contributed by atoms with Gasteiger partial charge in [0.2, 0.25) is 0 Å². The first-order valence-corrected chi connectivity index (χ1v) is 7.79. The van der Waals surface area contributed by atoms with E-state index in [2.05, 4.69) is 12.1 Å². The van der Waals surface area contributed by atoms with Gasteiger partial charge in [0.15, 0.2) is 0 Å². The fraction of sp³-hybridized carbons (Fsp3) is 0.167. The van der Waals surface area contributed by atoms with E-state index in [4.69, 9.17) is 14.5 Å². The average molecular weight is 311 g/mol. The van der Waals surface area contributed by atoms with E-state index in [-0.39, 0.29) is 0 Å². The largest absolute Gasteiger partial charge is 0.497 e. The molecule has 4 heteroatoms. The number of methoxy groups -OCH3 is 2. The Labute approximate surface area is 134 Å². The molecule has 3 nitrogen and oxygen atoms in total. The van der Waals surface area contributed by atoms with Crippen LogP contribution in [0.1, 0.15) is 5.01 Å². The summed E-state index contributed by atoms with van der Waals surface area (Å²) < 4.78 is 10.4. The van der Waals surface area contributed by atoms with E-state index >= 15 is 0 Å². The van der Waals surface area contributed by atoms with Crippen LogP contribution in [0.2, 0.25) is 0 Å². The van der Waals surface area contributed by atoms with Gasteiger partial charge in [0.05, 0.1) is 29.8 Å². The van der Waals surface area contributed by atoms with Gasteiger partial charge in [0, 0.05) is 5.56 Å². The normalized spacial score (nSPS) is 10.5. The van der Waals surface area contributed by atoms with E-state index in [1.807, 2.05) is 43.3 Å². The molecule has 1 heterocycles. The van der Waals surface area contributed by atoms with Gasteiger partial charge in [-0.05, 0) is 61.0 Å². The average Bonchev–Trinajstić information content (AvgIpc) is 2.97. The number of aryl methyl sites for hydroxylation is 1. The number of hydrogen-bond acceptors (Lipinski definition) is 4. The van der Waals surface area contributed by atoms with Crippen LogP contribution < -0.4 is 9.47 Å². The molecule has 3 rings (SSSR count). The fourth-order valence-electron chi connectivity index (χ4n) is 2.31. The first-order valence-electron chi connectivity index (χ1n) is 6.97. The van der Waals surface area contributed by atoms with Crippen molar-refractivity contribution >= 4 is 11.3 Å². The fourth-order valence-corrected chi connectivity index (χ4v) is 3.26. The van der Waals surface area contributed by atoms with Gasteiger partial charge < -0.3 is 9.47 Å². The van der Waals surface area contributed by atoms with Crippen molar-refractivity contribution in [3.63, 3.8) is 0 Å². The number of hydrogen-bond donors (Lipinski definition) is 0. The van der Waals surface area contributed by atoms with E-state index < -0.39 is 0 Å². The zero-order chi connectivity index (χ0) is 15.5. The molecule has 0 radical (unpaired) electrons. The topological polar surface area (TPSA) is 31.4 Å². The summed E-state index contributed by atoms with van der Waals surface area (Å²) in [6.45, 7) is 2.03. The third kappa shape index (κ3) is 2.83. The third-order valence-electron chi connectivity index (χ3n) is 3.45. The zero-order valence-corrected chi connectivity index (χ0v) is 13.6. The van der Waals surface area contributed by atoms with Crippen LogP contribution in [0.25, 0.3) is 21.7 Å². The minimum absolute atomic E-state index is 0.849. The predicted molar refractivity (Wildman–Crippen MR) is 90.8 cm³/mol. The molecular weight excluding hydrogens is 294 g/mol. The van der Waals surface area contributed by atoms with Crippen LogP contribution in [0, 0.1) is 6.92 Å². The Morgan fingerprint density at radius 1 is 0.773 bits per heavy atom. The van der Waals surface area contributed by atoms with Crippen molar-refractivity contribution in [2.24, 2.45) is 0 Å². The number of thiazole rings is 1. The van der Waals surface area contributed by atoms with Crippen LogP contribution in [0.3, 0.4) is 0 Å². The molecule has 0 amide bonds. The lowest BCUT2D eigenvalue weighted by molar-refractivity contribution is 0.414. The molecule has 3 aromatic rings. The van der Waals surface area contributed by atoms with E-state index in [1.54, 1.807) is 25.6 Å². The van der Waals surface area contributed by atoms with Gasteiger partial charge in [-0.2, -0.15) is 0 Å². The molecule has 0 bridgehead atoms. The van der Waals surface area contributed by atoms with E-state index in [9.17, 15) is 0 Å². The van der Waals surface area contributed by atoms with Crippen molar-refractivity contribution in [2.75, 3.05) is 14.2 Å². The summed E-state index contributed by atoms with van der Waals surface area (Å²) in [5, 5.41) is 1.05. The molecule has 0 aliphatic heterocycles. The standard InChI is InChI=1S/C18H17NO2S/c1-12-19-17(13-4-8-15(20-2)9-5-13)18(22-12)14-6-10-16(21-3)11-7-14/h4-11H,1-3H3. The summed E-state index contributed by atoms with van der Waals surface area (Å²) in [5.41, 5.74) is 3.25. The number of ether oxygens (including phenoxy) is 2. The van der Waals surface area contributed by atoms with E-state index in [0.717, 1.165) is 33.3 Å². The number of aromatic nitrogens is 1. The molecule has 2 aromatic carbocycles. The maximum atomic E-state index is 5.22. The van der Waals surface area contributed by atoms with Crippen molar-refractivity contribution in [1.82, 2.24) is 4.98 Å². The van der Waals surface area contributed by atoms with Crippen LogP contribution in [-0.4, -0.2) is 19.2 Å². The minimum atomic E-state index is 0.849. The highest BCUT2D eigenvalue weighted by atomic mass is 32.1. The Morgan fingerprint density at radius 3 is 1.77 bits per heavy atom. The molecule has 0 aliphatic carbocycles. The molecule has 0 saturated carbocycles. The Balaban J connectivity index is 2.04. The van der Waals surface area contributed by atoms with Gasteiger partial charge in [-0.25, -0.2) is 4.98 Å². The molecule has 0 spiro atoms. The highest BCUT2D eigenvalue weighted by Crippen LogP contribution is 2.37. The van der Waals surface area contributed by atoms with Gasteiger partial charge in [0.25, 0.3) is 0 Å². The second-order valence-electron chi connectivity index (χ2n) is 4.87. The number of nitrogens with zero attached hydrogens (tertiary/aromatic N) is 1. The van der Waals surface area contributed by atoms with Crippen molar-refractivity contribution in [2.45, 2.75) is 6.92 Å². The molecular formula is C18H17NO2S. The summed E-state index contributed by atoms with van der Waals surface area (Å²) in [4.78, 5) is 5.87. The molecule has 0 unspecified atom stereocenters. The second kappa shape index (κ2) is 6.20. The Morgan fingerprint density at radius 2 is 1.27 bits per heavy atom. The van der Waals surface area contributed by atoms with Crippen molar-refractivity contribution in [3.05, 3.63) is 53.5 Å². The van der Waals surface area contributed by atoms with Crippen molar-refractivity contribution in [1.29, 1.82) is 0 Å². The Bertz CT molecular complexity index is 696. The van der Waals surface area contributed by atoms with Gasteiger partial charge >= 0.3 is 0 Å². The van der Waals surface area contributed by atoms with Crippen LogP contribution in [0.5, 0.6) is 11.5 Å². The maximum Gasteiger partial charge on any atom is 0.118 e. The first kappa shape index (κ1) is 14.6. The first-order chi connectivity index (χ1) is 10.7. The molecule has 0 saturated heterocycles. The highest BCUT2D eigenvalue weighted by molar-refractivity contribution is 7.15. The highest BCUT2D eigenvalue weighted by Gasteiger charge is 2.13. The van der Waals surface area contributed by atoms with Crippen molar-refractivity contribution < 1.29 is 9.47 Å². The van der Waals surface area contributed by atoms with Gasteiger partial charge in [-0.1, -0.05) is 0 Å². The summed E-state index contributed by atoms with van der Waals surface area (Å²) in [6, 6.07) is 16.1. The lowest BCUT2D eigenvalue weighted by atomic mass is 10.1. The van der Waals surface area contributed by atoms with Gasteiger partial charge in [-0.3, -0.25) is 0 Å². The minimum Gasteiger partial charge on any atom is -0.497 e. The van der Waals surface area contributed by atoms with Crippen LogP contribution in [0.4, 0.5) is 0 Å². The summed E-state index contributed by atoms with van der Waals surface area (Å²) in [6.07, 6.45) is 0. The third-order valence-corrected chi connectivity index (χ3v) is 4.47. The smallest absolute Gasteiger partial charge is 0.118 e. The summed E-state index contributed by atoms with van der Waals surface area (Å²) >= 11 is 1.70. The zero-order valence-electron chi connectivity index (χ0n) is 12.8. The Hall–Kier alpha value is -2.33. The Kier molecular flexibility index (Phi) is 4.11. The molecule has 0 N–H and O–H groups in total. The number of benzene rings is 2. The maximum absolute atomic E-state index is 5.22. The van der Waals surface area contributed by atoms with Crippen LogP contribution >= 0.6 is 11.3 Å². The van der Waals surface area contributed by atoms with Crippen LogP contribution in [0.15, 0.2) is 48.5 Å². The molecule has 22 heavy (non-hydrogen) atoms. The van der Waals surface area contributed by atoms with E-state index in [0.29, 0.717) is 0 Å².